The van der Waals surface area contributed by atoms with E-state index in [1.165, 1.54) is 5.56 Å². The van der Waals surface area contributed by atoms with E-state index < -0.39 is 0 Å². The molecule has 3 aromatic carbocycles. The number of hydrogen-bond donors (Lipinski definition) is 1. The van der Waals surface area contributed by atoms with Crippen molar-refractivity contribution in [2.24, 2.45) is 0 Å². The van der Waals surface area contributed by atoms with E-state index in [1.807, 2.05) is 18.2 Å². The fourth-order valence-electron chi connectivity index (χ4n) is 4.09. The van der Waals surface area contributed by atoms with Crippen LogP contribution in [0.4, 0.5) is 0 Å². The average molecular weight is 490 g/mol. The SMILES string of the molecule is CCC(C)c1ccc(OCCCCn2c(CNC(=O)c3cccc(Cl)c3)nc3ccccc32)cc1. The van der Waals surface area contributed by atoms with E-state index in [9.17, 15) is 4.79 Å². The van der Waals surface area contributed by atoms with Gasteiger partial charge in [0.2, 0.25) is 0 Å². The van der Waals surface area contributed by atoms with Crippen LogP contribution >= 0.6 is 11.6 Å². The molecule has 1 heterocycles. The number of imidazole rings is 1. The highest BCUT2D eigenvalue weighted by atomic mass is 35.5. The van der Waals surface area contributed by atoms with Crippen LogP contribution in [0.15, 0.2) is 72.8 Å². The van der Waals surface area contributed by atoms with Gasteiger partial charge in [-0.1, -0.05) is 55.8 Å². The highest BCUT2D eigenvalue weighted by molar-refractivity contribution is 6.30. The van der Waals surface area contributed by atoms with Gasteiger partial charge in [0.1, 0.15) is 11.6 Å². The molecular formula is C29H32ClN3O2. The number of carbonyl (C=O) groups is 1. The zero-order chi connectivity index (χ0) is 24.6. The number of para-hydroxylation sites is 2. The van der Waals surface area contributed by atoms with Crippen LogP contribution in [0.5, 0.6) is 5.75 Å². The van der Waals surface area contributed by atoms with Crippen LogP contribution in [0.1, 0.15) is 60.8 Å². The Morgan fingerprint density at radius 2 is 1.86 bits per heavy atom. The lowest BCUT2D eigenvalue weighted by atomic mass is 9.99. The van der Waals surface area contributed by atoms with Crippen molar-refractivity contribution in [3.05, 3.63) is 94.8 Å². The van der Waals surface area contributed by atoms with Gasteiger partial charge in [0.15, 0.2) is 0 Å². The summed E-state index contributed by atoms with van der Waals surface area (Å²) < 4.78 is 8.15. The number of hydrogen-bond acceptors (Lipinski definition) is 3. The standard InChI is InChI=1S/C29H32ClN3O2/c1-3-21(2)22-13-15-25(16-14-22)35-18-7-6-17-33-27-12-5-4-11-26(27)32-28(33)20-31-29(34)23-9-8-10-24(30)19-23/h4-5,8-16,19,21H,3,6-7,17-18,20H2,1-2H3,(H,31,34). The molecule has 1 unspecified atom stereocenters. The fraction of sp³-hybridized carbons (Fsp3) is 0.310. The van der Waals surface area contributed by atoms with Crippen molar-refractivity contribution in [2.45, 2.75) is 52.1 Å². The highest BCUT2D eigenvalue weighted by Gasteiger charge is 2.13. The van der Waals surface area contributed by atoms with Crippen LogP contribution < -0.4 is 10.1 Å². The number of rotatable bonds is 11. The molecule has 4 rings (SSSR count). The maximum Gasteiger partial charge on any atom is 0.251 e. The van der Waals surface area contributed by atoms with Crippen molar-refractivity contribution in [1.29, 1.82) is 0 Å². The van der Waals surface area contributed by atoms with Crippen LogP contribution in [0.25, 0.3) is 11.0 Å². The third-order valence-corrected chi connectivity index (χ3v) is 6.57. The summed E-state index contributed by atoms with van der Waals surface area (Å²) >= 11 is 6.03. The molecule has 0 aliphatic rings. The van der Waals surface area contributed by atoms with Crippen LogP contribution in [-0.4, -0.2) is 22.1 Å². The number of benzene rings is 3. The summed E-state index contributed by atoms with van der Waals surface area (Å²) in [6, 6.07) is 23.4. The zero-order valence-corrected chi connectivity index (χ0v) is 21.1. The molecular weight excluding hydrogens is 458 g/mol. The van der Waals surface area contributed by atoms with Crippen molar-refractivity contribution >= 4 is 28.5 Å². The number of ether oxygens (including phenoxy) is 1. The fourth-order valence-corrected chi connectivity index (χ4v) is 4.28. The Morgan fingerprint density at radius 3 is 2.63 bits per heavy atom. The average Bonchev–Trinajstić information content (AvgIpc) is 3.24. The number of amides is 1. The summed E-state index contributed by atoms with van der Waals surface area (Å²) in [6.45, 7) is 6.26. The Hall–Kier alpha value is -3.31. The molecule has 0 bridgehead atoms. The molecule has 0 aliphatic heterocycles. The van der Waals surface area contributed by atoms with Gasteiger partial charge < -0.3 is 14.6 Å². The van der Waals surface area contributed by atoms with E-state index >= 15 is 0 Å². The monoisotopic (exact) mass is 489 g/mol. The maximum atomic E-state index is 12.6. The van der Waals surface area contributed by atoms with Gasteiger partial charge in [-0.2, -0.15) is 0 Å². The highest BCUT2D eigenvalue weighted by Crippen LogP contribution is 2.22. The zero-order valence-electron chi connectivity index (χ0n) is 20.3. The van der Waals surface area contributed by atoms with Crippen molar-refractivity contribution in [2.75, 3.05) is 6.61 Å². The van der Waals surface area contributed by atoms with Gasteiger partial charge in [-0.15, -0.1) is 0 Å². The third-order valence-electron chi connectivity index (χ3n) is 6.33. The quantitative estimate of drug-likeness (QED) is 0.231. The summed E-state index contributed by atoms with van der Waals surface area (Å²) in [7, 11) is 0. The Kier molecular flexibility index (Phi) is 8.43. The number of nitrogens with one attached hydrogen (secondary N) is 1. The molecule has 6 heteroatoms. The van der Waals surface area contributed by atoms with E-state index in [0.29, 0.717) is 29.7 Å². The predicted molar refractivity (Wildman–Crippen MR) is 142 cm³/mol. The van der Waals surface area contributed by atoms with Crippen LogP contribution in [0.2, 0.25) is 5.02 Å². The number of nitrogens with zero attached hydrogens (tertiary/aromatic N) is 2. The van der Waals surface area contributed by atoms with E-state index in [2.05, 4.69) is 54.1 Å². The predicted octanol–water partition coefficient (Wildman–Crippen LogP) is 6.99. The molecule has 0 radical (unpaired) electrons. The summed E-state index contributed by atoms with van der Waals surface area (Å²) in [4.78, 5) is 17.3. The Bertz CT molecular complexity index is 1270. The van der Waals surface area contributed by atoms with E-state index in [0.717, 1.165) is 48.4 Å². The smallest absolute Gasteiger partial charge is 0.251 e. The van der Waals surface area contributed by atoms with Crippen LogP contribution in [0, 0.1) is 0 Å². The Balaban J connectivity index is 1.33. The minimum atomic E-state index is -0.168. The minimum absolute atomic E-state index is 0.168. The first-order chi connectivity index (χ1) is 17.0. The van der Waals surface area contributed by atoms with Gasteiger partial charge in [-0.25, -0.2) is 4.98 Å². The molecule has 35 heavy (non-hydrogen) atoms. The molecule has 1 atom stereocenters. The lowest BCUT2D eigenvalue weighted by molar-refractivity contribution is 0.0949. The van der Waals surface area contributed by atoms with Crippen molar-refractivity contribution in [1.82, 2.24) is 14.9 Å². The second-order valence-electron chi connectivity index (χ2n) is 8.80. The lowest BCUT2D eigenvalue weighted by Crippen LogP contribution is -2.24. The molecule has 0 spiro atoms. The number of aromatic nitrogens is 2. The summed E-state index contributed by atoms with van der Waals surface area (Å²) in [5, 5.41) is 3.52. The van der Waals surface area contributed by atoms with Crippen LogP contribution in [-0.2, 0) is 13.1 Å². The first kappa shape index (κ1) is 24.8. The molecule has 4 aromatic rings. The molecule has 5 nitrogen and oxygen atoms in total. The molecule has 1 aromatic heterocycles. The number of carbonyl (C=O) groups excluding carboxylic acids is 1. The third kappa shape index (κ3) is 6.43. The second kappa shape index (κ2) is 11.9. The van der Waals surface area contributed by atoms with Crippen molar-refractivity contribution in [3.8, 4) is 5.75 Å². The first-order valence-electron chi connectivity index (χ1n) is 12.3. The number of aryl methyl sites for hydroxylation is 1. The van der Waals surface area contributed by atoms with Gasteiger partial charge in [0, 0.05) is 17.1 Å². The normalized spacial score (nSPS) is 12.0. The Morgan fingerprint density at radius 1 is 1.06 bits per heavy atom. The molecule has 1 amide bonds. The molecule has 0 saturated carbocycles. The molecule has 1 N–H and O–H groups in total. The minimum Gasteiger partial charge on any atom is -0.494 e. The molecule has 0 aliphatic carbocycles. The van der Waals surface area contributed by atoms with Crippen molar-refractivity contribution < 1.29 is 9.53 Å². The summed E-state index contributed by atoms with van der Waals surface area (Å²) in [6.07, 6.45) is 3.00. The topological polar surface area (TPSA) is 56.1 Å². The van der Waals surface area contributed by atoms with Gasteiger partial charge in [-0.3, -0.25) is 4.79 Å². The number of fused-ring (bicyclic) bond motifs is 1. The summed E-state index contributed by atoms with van der Waals surface area (Å²) in [5.41, 5.74) is 3.88. The number of unbranched alkanes of at least 4 members (excludes halogenated alkanes) is 1. The van der Waals surface area contributed by atoms with Gasteiger partial charge in [0.25, 0.3) is 5.91 Å². The van der Waals surface area contributed by atoms with E-state index in [-0.39, 0.29) is 5.91 Å². The number of halogens is 1. The van der Waals surface area contributed by atoms with Gasteiger partial charge in [0.05, 0.1) is 24.2 Å². The molecule has 0 saturated heterocycles. The molecule has 0 fully saturated rings. The lowest BCUT2D eigenvalue weighted by Gasteiger charge is -2.12. The summed E-state index contributed by atoms with van der Waals surface area (Å²) in [5.74, 6) is 2.15. The van der Waals surface area contributed by atoms with Gasteiger partial charge in [-0.05, 0) is 73.2 Å². The van der Waals surface area contributed by atoms with Gasteiger partial charge >= 0.3 is 0 Å². The Labute approximate surface area is 212 Å². The molecule has 182 valence electrons. The van der Waals surface area contributed by atoms with Crippen molar-refractivity contribution in [3.63, 3.8) is 0 Å². The van der Waals surface area contributed by atoms with E-state index in [4.69, 9.17) is 21.3 Å². The van der Waals surface area contributed by atoms with Crippen LogP contribution in [0.3, 0.4) is 0 Å². The maximum absolute atomic E-state index is 12.6. The largest absolute Gasteiger partial charge is 0.494 e. The van der Waals surface area contributed by atoms with E-state index in [1.54, 1.807) is 24.3 Å². The first-order valence-corrected chi connectivity index (χ1v) is 12.6. The second-order valence-corrected chi connectivity index (χ2v) is 9.23.